The second-order valence-electron chi connectivity index (χ2n) is 7.96. The highest BCUT2D eigenvalue weighted by Gasteiger charge is 2.27. The molecule has 5 rings (SSSR count). The van der Waals surface area contributed by atoms with Gasteiger partial charge >= 0.3 is 0 Å². The maximum absolute atomic E-state index is 6.41. The van der Waals surface area contributed by atoms with Crippen molar-refractivity contribution in [1.82, 2.24) is 25.0 Å². The summed E-state index contributed by atoms with van der Waals surface area (Å²) in [5.41, 5.74) is 8.50. The van der Waals surface area contributed by atoms with Crippen LogP contribution in [0.1, 0.15) is 50.5 Å². The summed E-state index contributed by atoms with van der Waals surface area (Å²) in [5, 5.41) is 12.7. The minimum absolute atomic E-state index is 0.291. The molecule has 1 atom stereocenters. The first-order valence-electron chi connectivity index (χ1n) is 10.3. The molecule has 0 bridgehead atoms. The van der Waals surface area contributed by atoms with Crippen LogP contribution in [0, 0.1) is 0 Å². The molecule has 0 amide bonds. The van der Waals surface area contributed by atoms with E-state index in [2.05, 4.69) is 33.2 Å². The summed E-state index contributed by atoms with van der Waals surface area (Å²) >= 11 is 0. The molecule has 4 heterocycles. The zero-order chi connectivity index (χ0) is 19.1. The van der Waals surface area contributed by atoms with Gasteiger partial charge in [-0.05, 0) is 37.3 Å². The average Bonchev–Trinajstić information content (AvgIpc) is 3.37. The second-order valence-corrected chi connectivity index (χ2v) is 7.96. The Morgan fingerprint density at radius 3 is 2.86 bits per heavy atom. The van der Waals surface area contributed by atoms with Gasteiger partial charge in [0, 0.05) is 12.6 Å². The highest BCUT2D eigenvalue weighted by atomic mass is 16.5. The van der Waals surface area contributed by atoms with Gasteiger partial charge in [-0.25, -0.2) is 4.98 Å². The van der Waals surface area contributed by atoms with E-state index in [4.69, 9.17) is 15.5 Å². The van der Waals surface area contributed by atoms with Crippen molar-refractivity contribution in [2.75, 3.05) is 30.4 Å². The van der Waals surface area contributed by atoms with Gasteiger partial charge in [-0.3, -0.25) is 5.10 Å². The van der Waals surface area contributed by atoms with Crippen LogP contribution < -0.4 is 10.6 Å². The van der Waals surface area contributed by atoms with Crippen LogP contribution in [-0.2, 0) is 4.74 Å². The lowest BCUT2D eigenvalue weighted by molar-refractivity contribution is 0.0985. The summed E-state index contributed by atoms with van der Waals surface area (Å²) in [6.07, 6.45) is 7.98. The summed E-state index contributed by atoms with van der Waals surface area (Å²) in [5.74, 6) is 2.82. The quantitative estimate of drug-likeness (QED) is 0.724. The Kier molecular flexibility index (Phi) is 4.43. The molecule has 0 radical (unpaired) electrons. The van der Waals surface area contributed by atoms with Crippen molar-refractivity contribution in [3.8, 4) is 5.82 Å². The Balaban J connectivity index is 1.71. The van der Waals surface area contributed by atoms with Gasteiger partial charge < -0.3 is 15.4 Å². The highest BCUT2D eigenvalue weighted by Crippen LogP contribution is 2.40. The minimum Gasteiger partial charge on any atom is -0.382 e. The number of pyridine rings is 1. The Labute approximate surface area is 164 Å². The van der Waals surface area contributed by atoms with Gasteiger partial charge in [0.15, 0.2) is 17.3 Å². The molecule has 0 unspecified atom stereocenters. The van der Waals surface area contributed by atoms with Crippen molar-refractivity contribution >= 4 is 22.7 Å². The van der Waals surface area contributed by atoms with E-state index in [1.165, 1.54) is 37.7 Å². The van der Waals surface area contributed by atoms with Crippen LogP contribution in [0.3, 0.4) is 0 Å². The van der Waals surface area contributed by atoms with E-state index in [0.717, 1.165) is 42.4 Å². The number of anilines is 2. The molecule has 2 aliphatic rings. The van der Waals surface area contributed by atoms with Crippen molar-refractivity contribution in [3.05, 3.63) is 23.9 Å². The third-order valence-electron chi connectivity index (χ3n) is 6.10. The van der Waals surface area contributed by atoms with Crippen LogP contribution in [0.5, 0.6) is 0 Å². The average molecular weight is 381 g/mol. The van der Waals surface area contributed by atoms with Gasteiger partial charge in [0.05, 0.1) is 30.8 Å². The zero-order valence-electron chi connectivity index (χ0n) is 16.3. The number of morpholine rings is 1. The van der Waals surface area contributed by atoms with Crippen LogP contribution in [0.25, 0.3) is 16.9 Å². The maximum atomic E-state index is 6.41. The van der Waals surface area contributed by atoms with E-state index in [1.54, 1.807) is 10.9 Å². The van der Waals surface area contributed by atoms with Crippen molar-refractivity contribution in [2.24, 2.45) is 0 Å². The third-order valence-corrected chi connectivity index (χ3v) is 6.10. The van der Waals surface area contributed by atoms with Crippen LogP contribution in [0.15, 0.2) is 18.3 Å². The highest BCUT2D eigenvalue weighted by molar-refractivity contribution is 5.92. The number of aromatic nitrogens is 5. The number of aromatic amines is 1. The first-order chi connectivity index (χ1) is 13.7. The molecule has 28 heavy (non-hydrogen) atoms. The number of nitrogens with zero attached hydrogens (tertiary/aromatic N) is 5. The summed E-state index contributed by atoms with van der Waals surface area (Å²) < 4.78 is 7.42. The number of fused-ring (bicyclic) bond motifs is 1. The number of rotatable bonds is 3. The maximum Gasteiger partial charge on any atom is 0.169 e. The van der Waals surface area contributed by atoms with E-state index < -0.39 is 0 Å². The number of hydrogen-bond acceptors (Lipinski definition) is 6. The van der Waals surface area contributed by atoms with Gasteiger partial charge in [0.1, 0.15) is 5.82 Å². The third kappa shape index (κ3) is 2.92. The van der Waals surface area contributed by atoms with Gasteiger partial charge in [0.25, 0.3) is 0 Å². The molecule has 148 valence electrons. The molecular weight excluding hydrogens is 354 g/mol. The van der Waals surface area contributed by atoms with E-state index in [1.807, 2.05) is 6.07 Å². The fourth-order valence-electron chi connectivity index (χ4n) is 4.64. The van der Waals surface area contributed by atoms with Crippen LogP contribution in [-0.4, -0.2) is 50.8 Å². The van der Waals surface area contributed by atoms with Crippen molar-refractivity contribution in [2.45, 2.75) is 51.0 Å². The summed E-state index contributed by atoms with van der Waals surface area (Å²) in [6, 6.07) is 4.44. The number of H-pyrrole nitrogens is 1. The molecule has 8 nitrogen and oxygen atoms in total. The molecule has 1 aliphatic carbocycles. The summed E-state index contributed by atoms with van der Waals surface area (Å²) in [7, 11) is 0. The molecule has 0 spiro atoms. The zero-order valence-corrected chi connectivity index (χ0v) is 16.3. The van der Waals surface area contributed by atoms with E-state index >= 15 is 0 Å². The number of nitrogen functional groups attached to an aromatic ring is 1. The molecule has 8 heteroatoms. The molecular formula is C20H27N7O. The lowest BCUT2D eigenvalue weighted by Gasteiger charge is -2.35. The minimum atomic E-state index is 0.291. The Bertz CT molecular complexity index is 959. The molecule has 0 aromatic carbocycles. The van der Waals surface area contributed by atoms with Gasteiger partial charge in [-0.1, -0.05) is 19.3 Å². The van der Waals surface area contributed by atoms with Crippen molar-refractivity contribution < 1.29 is 4.74 Å². The van der Waals surface area contributed by atoms with Gasteiger partial charge in [-0.15, -0.1) is 5.10 Å². The fourth-order valence-corrected chi connectivity index (χ4v) is 4.64. The normalized spacial score (nSPS) is 21.5. The summed E-state index contributed by atoms with van der Waals surface area (Å²) in [4.78, 5) is 7.37. The SMILES string of the molecule is C[C@@H]1COCCN1c1cc(C2CCCCC2)c2c(N)nn(-c3ccn[nH]3)c2n1. The topological polar surface area (TPSA) is 97.9 Å². The number of ether oxygens (including phenoxy) is 1. The summed E-state index contributed by atoms with van der Waals surface area (Å²) in [6.45, 7) is 4.48. The monoisotopic (exact) mass is 381 g/mol. The number of hydrogen-bond donors (Lipinski definition) is 2. The first kappa shape index (κ1) is 17.5. The number of nitrogens with two attached hydrogens (primary N) is 1. The molecule has 1 aliphatic heterocycles. The second kappa shape index (κ2) is 7.09. The van der Waals surface area contributed by atoms with Crippen molar-refractivity contribution in [1.29, 1.82) is 0 Å². The predicted molar refractivity (Wildman–Crippen MR) is 109 cm³/mol. The molecule has 3 aromatic heterocycles. The van der Waals surface area contributed by atoms with Crippen LogP contribution >= 0.6 is 0 Å². The standard InChI is InChI=1S/C20H27N7O/c1-13-12-28-10-9-26(13)17-11-15(14-5-3-2-4-6-14)18-19(21)25-27(20(18)23-17)16-7-8-22-24-16/h7-8,11,13-14H,2-6,9-10,12H2,1H3,(H2,21,25)(H,22,24)/t13-/m1/s1. The molecule has 1 saturated carbocycles. The molecule has 3 aromatic rings. The predicted octanol–water partition coefficient (Wildman–Crippen LogP) is 3.00. The van der Waals surface area contributed by atoms with Gasteiger partial charge in [0.2, 0.25) is 0 Å². The molecule has 3 N–H and O–H groups in total. The van der Waals surface area contributed by atoms with Crippen LogP contribution in [0.2, 0.25) is 0 Å². The van der Waals surface area contributed by atoms with E-state index in [-0.39, 0.29) is 0 Å². The van der Waals surface area contributed by atoms with Crippen LogP contribution in [0.4, 0.5) is 11.6 Å². The largest absolute Gasteiger partial charge is 0.382 e. The Morgan fingerprint density at radius 2 is 2.11 bits per heavy atom. The Hall–Kier alpha value is -2.61. The molecule has 1 saturated heterocycles. The first-order valence-corrected chi connectivity index (χ1v) is 10.3. The van der Waals surface area contributed by atoms with Crippen molar-refractivity contribution in [3.63, 3.8) is 0 Å². The van der Waals surface area contributed by atoms with E-state index in [9.17, 15) is 0 Å². The smallest absolute Gasteiger partial charge is 0.169 e. The molecule has 2 fully saturated rings. The Morgan fingerprint density at radius 1 is 1.25 bits per heavy atom. The fraction of sp³-hybridized carbons (Fsp3) is 0.550. The lowest BCUT2D eigenvalue weighted by atomic mass is 9.83. The van der Waals surface area contributed by atoms with Gasteiger partial charge in [-0.2, -0.15) is 9.78 Å². The lowest BCUT2D eigenvalue weighted by Crippen LogP contribution is -2.44. The van der Waals surface area contributed by atoms with E-state index in [0.29, 0.717) is 17.8 Å². The number of nitrogens with one attached hydrogen (secondary N) is 1.